The minimum Gasteiger partial charge on any atom is -0.265 e. The summed E-state index contributed by atoms with van der Waals surface area (Å²) in [7, 11) is 0. The van der Waals surface area contributed by atoms with Crippen LogP contribution < -0.4 is 0 Å². The van der Waals surface area contributed by atoms with E-state index >= 15 is 0 Å². The van der Waals surface area contributed by atoms with Gasteiger partial charge in [-0.3, -0.25) is 4.98 Å². The highest BCUT2D eigenvalue weighted by Crippen LogP contribution is 2.08. The molecule has 1 heterocycles. The molecule has 1 nitrogen and oxygen atoms in total. The first-order valence-corrected chi connectivity index (χ1v) is 4.99. The van der Waals surface area contributed by atoms with Gasteiger partial charge in [-0.1, -0.05) is 42.0 Å². The van der Waals surface area contributed by atoms with Gasteiger partial charge in [-0.25, -0.2) is 0 Å². The van der Waals surface area contributed by atoms with E-state index in [0.717, 1.165) is 0 Å². The molecule has 0 N–H and O–H groups in total. The van der Waals surface area contributed by atoms with Crippen molar-refractivity contribution in [2.75, 3.05) is 0 Å². The minimum atomic E-state index is 1.17. The zero-order valence-corrected chi connectivity index (χ0v) is 8.72. The van der Waals surface area contributed by atoms with Gasteiger partial charge < -0.3 is 0 Å². The van der Waals surface area contributed by atoms with Gasteiger partial charge in [-0.2, -0.15) is 0 Å². The highest BCUT2D eigenvalue weighted by Gasteiger charge is 1.87. The maximum absolute atomic E-state index is 3.98. The summed E-state index contributed by atoms with van der Waals surface area (Å²) in [5.41, 5.74) is 3.68. The van der Waals surface area contributed by atoms with Crippen molar-refractivity contribution in [2.24, 2.45) is 0 Å². The van der Waals surface area contributed by atoms with Crippen LogP contribution >= 0.6 is 0 Å². The first-order chi connectivity index (χ1) is 7.34. The standard InChI is InChI=1S/C14H13N/c1-12-2-4-13(5-3-12)6-7-14-8-10-15-11-9-14/h2-11H,1H3. The van der Waals surface area contributed by atoms with E-state index in [2.05, 4.69) is 48.3 Å². The Morgan fingerprint density at radius 2 is 1.33 bits per heavy atom. The fraction of sp³-hybridized carbons (Fsp3) is 0.0714. The molecule has 0 unspecified atom stereocenters. The Balaban J connectivity index is 2.15. The molecule has 0 spiro atoms. The van der Waals surface area contributed by atoms with Gasteiger partial charge in [-0.15, -0.1) is 0 Å². The summed E-state index contributed by atoms with van der Waals surface area (Å²) in [4.78, 5) is 3.98. The van der Waals surface area contributed by atoms with Gasteiger partial charge in [0.2, 0.25) is 0 Å². The summed E-state index contributed by atoms with van der Waals surface area (Å²) in [5, 5.41) is 0. The van der Waals surface area contributed by atoms with Gasteiger partial charge in [0.05, 0.1) is 0 Å². The molecule has 1 heteroatoms. The zero-order chi connectivity index (χ0) is 10.5. The Morgan fingerprint density at radius 3 is 1.93 bits per heavy atom. The second kappa shape index (κ2) is 4.56. The first-order valence-electron chi connectivity index (χ1n) is 4.99. The molecule has 15 heavy (non-hydrogen) atoms. The van der Waals surface area contributed by atoms with Crippen molar-refractivity contribution in [3.63, 3.8) is 0 Å². The molecule has 0 saturated heterocycles. The fourth-order valence-electron chi connectivity index (χ4n) is 1.34. The van der Waals surface area contributed by atoms with Crippen LogP contribution in [0, 0.1) is 6.92 Å². The van der Waals surface area contributed by atoms with Crippen LogP contribution in [0.15, 0.2) is 48.8 Å². The third kappa shape index (κ3) is 2.78. The van der Waals surface area contributed by atoms with Gasteiger partial charge in [-0.05, 0) is 30.2 Å². The molecule has 0 radical (unpaired) electrons. The summed E-state index contributed by atoms with van der Waals surface area (Å²) in [6.45, 7) is 2.09. The molecule has 0 aliphatic rings. The number of nitrogens with zero attached hydrogens (tertiary/aromatic N) is 1. The lowest BCUT2D eigenvalue weighted by Gasteiger charge is -1.95. The summed E-state index contributed by atoms with van der Waals surface area (Å²) in [5.74, 6) is 0. The van der Waals surface area contributed by atoms with Crippen LogP contribution in [0.4, 0.5) is 0 Å². The first kappa shape index (κ1) is 9.66. The predicted octanol–water partition coefficient (Wildman–Crippen LogP) is 3.56. The second-order valence-electron chi connectivity index (χ2n) is 3.52. The van der Waals surface area contributed by atoms with E-state index in [1.54, 1.807) is 12.4 Å². The molecule has 0 saturated carbocycles. The van der Waals surface area contributed by atoms with Crippen LogP contribution in [-0.2, 0) is 0 Å². The van der Waals surface area contributed by atoms with Gasteiger partial charge in [0.15, 0.2) is 0 Å². The predicted molar refractivity (Wildman–Crippen MR) is 64.3 cm³/mol. The van der Waals surface area contributed by atoms with Gasteiger partial charge in [0, 0.05) is 12.4 Å². The van der Waals surface area contributed by atoms with Gasteiger partial charge in [0.1, 0.15) is 0 Å². The molecule has 0 fully saturated rings. The van der Waals surface area contributed by atoms with Crippen molar-refractivity contribution >= 4 is 12.2 Å². The van der Waals surface area contributed by atoms with Crippen LogP contribution in [0.2, 0.25) is 0 Å². The monoisotopic (exact) mass is 195 g/mol. The Kier molecular flexibility index (Phi) is 2.93. The number of hydrogen-bond acceptors (Lipinski definition) is 1. The third-order valence-electron chi connectivity index (χ3n) is 2.25. The van der Waals surface area contributed by atoms with Crippen molar-refractivity contribution in [3.05, 3.63) is 65.5 Å². The lowest BCUT2D eigenvalue weighted by Crippen LogP contribution is -1.75. The van der Waals surface area contributed by atoms with Gasteiger partial charge >= 0.3 is 0 Å². The summed E-state index contributed by atoms with van der Waals surface area (Å²) in [6, 6.07) is 12.5. The SMILES string of the molecule is Cc1ccc(C=Cc2ccncc2)cc1. The second-order valence-corrected chi connectivity index (χ2v) is 3.52. The van der Waals surface area contributed by atoms with Crippen LogP contribution in [0.1, 0.15) is 16.7 Å². The molecule has 0 atom stereocenters. The molecule has 0 aliphatic heterocycles. The van der Waals surface area contributed by atoms with E-state index in [9.17, 15) is 0 Å². The van der Waals surface area contributed by atoms with Crippen LogP contribution in [0.3, 0.4) is 0 Å². The molecule has 0 aliphatic carbocycles. The molecule has 2 rings (SSSR count). The number of aryl methyl sites for hydroxylation is 1. The minimum absolute atomic E-state index is 1.17. The highest BCUT2D eigenvalue weighted by atomic mass is 14.6. The molecular formula is C14H13N. The molecule has 1 aromatic carbocycles. The summed E-state index contributed by atoms with van der Waals surface area (Å²) >= 11 is 0. The lowest BCUT2D eigenvalue weighted by atomic mass is 10.1. The number of benzene rings is 1. The number of hydrogen-bond donors (Lipinski definition) is 0. The number of rotatable bonds is 2. The van der Waals surface area contributed by atoms with Crippen molar-refractivity contribution in [2.45, 2.75) is 6.92 Å². The average Bonchev–Trinajstić information content (AvgIpc) is 2.30. The Hall–Kier alpha value is -1.89. The number of pyridine rings is 1. The Morgan fingerprint density at radius 1 is 0.800 bits per heavy atom. The normalized spacial score (nSPS) is 10.7. The Bertz CT molecular complexity index is 441. The fourth-order valence-corrected chi connectivity index (χ4v) is 1.34. The van der Waals surface area contributed by atoms with Crippen LogP contribution in [0.5, 0.6) is 0 Å². The Labute approximate surface area is 90.1 Å². The number of aromatic nitrogens is 1. The quantitative estimate of drug-likeness (QED) is 0.714. The van der Waals surface area contributed by atoms with Crippen molar-refractivity contribution in [3.8, 4) is 0 Å². The largest absolute Gasteiger partial charge is 0.265 e. The highest BCUT2D eigenvalue weighted by molar-refractivity contribution is 5.69. The molecule has 0 bridgehead atoms. The maximum atomic E-state index is 3.98. The molecule has 1 aromatic heterocycles. The van der Waals surface area contributed by atoms with Crippen molar-refractivity contribution in [1.82, 2.24) is 4.98 Å². The zero-order valence-electron chi connectivity index (χ0n) is 8.72. The summed E-state index contributed by atoms with van der Waals surface area (Å²) in [6.07, 6.45) is 7.80. The topological polar surface area (TPSA) is 12.9 Å². The third-order valence-corrected chi connectivity index (χ3v) is 2.25. The van der Waals surface area contributed by atoms with E-state index < -0.39 is 0 Å². The van der Waals surface area contributed by atoms with Crippen LogP contribution in [-0.4, -0.2) is 4.98 Å². The van der Waals surface area contributed by atoms with E-state index in [1.165, 1.54) is 16.7 Å². The molecule has 0 amide bonds. The molecule has 2 aromatic rings. The average molecular weight is 195 g/mol. The van der Waals surface area contributed by atoms with E-state index in [4.69, 9.17) is 0 Å². The maximum Gasteiger partial charge on any atom is 0.0273 e. The van der Waals surface area contributed by atoms with E-state index in [1.807, 2.05) is 12.1 Å². The van der Waals surface area contributed by atoms with Crippen molar-refractivity contribution < 1.29 is 0 Å². The van der Waals surface area contributed by atoms with Gasteiger partial charge in [0.25, 0.3) is 0 Å². The van der Waals surface area contributed by atoms with Crippen LogP contribution in [0.25, 0.3) is 12.2 Å². The van der Waals surface area contributed by atoms with E-state index in [-0.39, 0.29) is 0 Å². The molecular weight excluding hydrogens is 182 g/mol. The molecule has 74 valence electrons. The van der Waals surface area contributed by atoms with E-state index in [0.29, 0.717) is 0 Å². The summed E-state index contributed by atoms with van der Waals surface area (Å²) < 4.78 is 0. The van der Waals surface area contributed by atoms with Crippen molar-refractivity contribution in [1.29, 1.82) is 0 Å². The smallest absolute Gasteiger partial charge is 0.0273 e. The lowest BCUT2D eigenvalue weighted by molar-refractivity contribution is 1.32.